The van der Waals surface area contributed by atoms with Crippen LogP contribution in [-0.4, -0.2) is 117 Å². The molecule has 2 fully saturated rings. The normalized spacial score (nSPS) is 25.1. The van der Waals surface area contributed by atoms with Crippen LogP contribution in [0.25, 0.3) is 0 Å². The average Bonchev–Trinajstić information content (AvgIpc) is 2.64. The molecular weight excluding hydrogens is 398 g/mol. The van der Waals surface area contributed by atoms with Crippen molar-refractivity contribution < 1.29 is 39.6 Å². The van der Waals surface area contributed by atoms with E-state index in [2.05, 4.69) is 4.90 Å². The van der Waals surface area contributed by atoms with E-state index < -0.39 is 36.0 Å². The predicted octanol–water partition coefficient (Wildman–Crippen LogP) is -0.438. The highest BCUT2D eigenvalue weighted by Crippen LogP contribution is 2.22. The van der Waals surface area contributed by atoms with E-state index in [1.807, 2.05) is 0 Å². The minimum atomic E-state index is -1.57. The van der Waals surface area contributed by atoms with Gasteiger partial charge >= 0.3 is 23.9 Å². The Bertz CT molecular complexity index is 561. The van der Waals surface area contributed by atoms with Gasteiger partial charge in [-0.2, -0.15) is 0 Å². The van der Waals surface area contributed by atoms with Gasteiger partial charge < -0.3 is 25.3 Å². The molecule has 30 heavy (non-hydrogen) atoms. The number of hydrogen-bond donors (Lipinski definition) is 4. The van der Waals surface area contributed by atoms with Crippen LogP contribution >= 0.6 is 0 Å². The first kappa shape index (κ1) is 24.0. The van der Waals surface area contributed by atoms with Crippen LogP contribution in [0.3, 0.4) is 0 Å². The van der Waals surface area contributed by atoms with Gasteiger partial charge in [0.25, 0.3) is 0 Å². The molecule has 2 heterocycles. The lowest BCUT2D eigenvalue weighted by Crippen LogP contribution is -2.51. The Hall–Kier alpha value is -2.24. The summed E-state index contributed by atoms with van der Waals surface area (Å²) in [6, 6.07) is -3.13. The van der Waals surface area contributed by atoms with Crippen LogP contribution in [0.2, 0.25) is 0 Å². The first-order valence-corrected chi connectivity index (χ1v) is 10.3. The molecule has 2 rings (SSSR count). The highest BCUT2D eigenvalue weighted by atomic mass is 16.4. The second-order valence-corrected chi connectivity index (χ2v) is 8.01. The molecule has 4 N–H and O–H groups in total. The minimum Gasteiger partial charge on any atom is -0.480 e. The topological polar surface area (TPSA) is 159 Å². The molecule has 0 spiro atoms. The van der Waals surface area contributed by atoms with Gasteiger partial charge in [0.05, 0.1) is 0 Å². The van der Waals surface area contributed by atoms with Crippen LogP contribution in [0.5, 0.6) is 0 Å². The molecule has 0 radical (unpaired) electrons. The lowest BCUT2D eigenvalue weighted by molar-refractivity contribution is -0.159. The molecular formula is C19H31N3O8. The third kappa shape index (κ3) is 6.64. The summed E-state index contributed by atoms with van der Waals surface area (Å²) in [5.41, 5.74) is 0. The van der Waals surface area contributed by atoms with E-state index in [9.17, 15) is 39.6 Å². The predicted molar refractivity (Wildman–Crippen MR) is 104 cm³/mol. The number of carbonyl (C=O) groups is 4. The summed E-state index contributed by atoms with van der Waals surface area (Å²) in [4.78, 5) is 50.9. The van der Waals surface area contributed by atoms with Crippen molar-refractivity contribution in [2.24, 2.45) is 5.92 Å². The zero-order chi connectivity index (χ0) is 22.3. The number of nitrogens with zero attached hydrogens (tertiary/aromatic N) is 3. The Morgan fingerprint density at radius 3 is 1.63 bits per heavy atom. The molecule has 0 aromatic heterocycles. The van der Waals surface area contributed by atoms with Gasteiger partial charge in [0.2, 0.25) is 12.1 Å². The number of aliphatic carboxylic acids is 4. The van der Waals surface area contributed by atoms with E-state index in [4.69, 9.17) is 0 Å². The van der Waals surface area contributed by atoms with Gasteiger partial charge in [0.1, 0.15) is 0 Å². The molecule has 2 aliphatic heterocycles. The molecule has 0 aromatic carbocycles. The van der Waals surface area contributed by atoms with E-state index in [1.54, 1.807) is 0 Å². The van der Waals surface area contributed by atoms with Crippen LogP contribution in [0.4, 0.5) is 0 Å². The smallest absolute Gasteiger partial charge is 0.332 e. The summed E-state index contributed by atoms with van der Waals surface area (Å²) in [6.45, 7) is 3.27. The van der Waals surface area contributed by atoms with Gasteiger partial charge in [-0.05, 0) is 64.2 Å². The summed E-state index contributed by atoms with van der Waals surface area (Å²) in [6.07, 6.45) is 3.48. The third-order valence-electron chi connectivity index (χ3n) is 6.02. The Morgan fingerprint density at radius 2 is 1.07 bits per heavy atom. The summed E-state index contributed by atoms with van der Waals surface area (Å²) >= 11 is 0. The summed E-state index contributed by atoms with van der Waals surface area (Å²) < 4.78 is 0. The van der Waals surface area contributed by atoms with Crippen molar-refractivity contribution >= 4 is 23.9 Å². The molecule has 0 aliphatic carbocycles. The Morgan fingerprint density at radius 1 is 0.567 bits per heavy atom. The first-order chi connectivity index (χ1) is 14.2. The summed E-state index contributed by atoms with van der Waals surface area (Å²) in [5, 5.41) is 37.3. The molecule has 0 amide bonds. The lowest BCUT2D eigenvalue weighted by Gasteiger charge is -2.35. The Balaban J connectivity index is 2.13. The largest absolute Gasteiger partial charge is 0.480 e. The van der Waals surface area contributed by atoms with Gasteiger partial charge in [-0.3, -0.25) is 9.80 Å². The number of fused-ring (bicyclic) bond motifs is 3. The molecule has 170 valence electrons. The van der Waals surface area contributed by atoms with Crippen LogP contribution in [0, 0.1) is 5.92 Å². The Kier molecular flexibility index (Phi) is 9.00. The molecule has 2 unspecified atom stereocenters. The van der Waals surface area contributed by atoms with Crippen molar-refractivity contribution in [3.63, 3.8) is 0 Å². The Labute approximate surface area is 174 Å². The van der Waals surface area contributed by atoms with Crippen LogP contribution in [0.1, 0.15) is 32.1 Å². The van der Waals surface area contributed by atoms with Gasteiger partial charge in [0, 0.05) is 19.6 Å². The highest BCUT2D eigenvalue weighted by Gasteiger charge is 2.35. The third-order valence-corrected chi connectivity index (χ3v) is 6.02. The van der Waals surface area contributed by atoms with Crippen LogP contribution < -0.4 is 0 Å². The maximum atomic E-state index is 11.5. The van der Waals surface area contributed by atoms with Gasteiger partial charge in [-0.15, -0.1) is 0 Å². The molecule has 11 heteroatoms. The van der Waals surface area contributed by atoms with Gasteiger partial charge in [0.15, 0.2) is 0 Å². The second kappa shape index (κ2) is 11.2. The highest BCUT2D eigenvalue weighted by molar-refractivity contribution is 5.97. The molecule has 11 nitrogen and oxygen atoms in total. The van der Waals surface area contributed by atoms with Crippen LogP contribution in [-0.2, 0) is 19.2 Å². The van der Waals surface area contributed by atoms with Crippen molar-refractivity contribution in [3.05, 3.63) is 0 Å². The summed E-state index contributed by atoms with van der Waals surface area (Å²) in [7, 11) is 0. The maximum absolute atomic E-state index is 11.5. The van der Waals surface area contributed by atoms with E-state index in [1.165, 1.54) is 9.80 Å². The first-order valence-electron chi connectivity index (χ1n) is 10.3. The maximum Gasteiger partial charge on any atom is 0.332 e. The lowest BCUT2D eigenvalue weighted by atomic mass is 9.93. The molecule has 0 saturated carbocycles. The standard InChI is InChI=1S/C19H31N3O8/c23-16(24)14(17(25)26)21-8-2-6-20-9-4-13(5-10-21)3-1-7-22(12-11-20)15(18(27)28)19(29)30/h13-15H,1-12H2,(H,23,24)(H,25,26)(H,27,28)(H,29,30). The number of carboxylic acids is 4. The van der Waals surface area contributed by atoms with Gasteiger partial charge in [-0.25, -0.2) is 19.2 Å². The van der Waals surface area contributed by atoms with Crippen molar-refractivity contribution in [2.75, 3.05) is 45.8 Å². The molecule has 2 saturated heterocycles. The molecule has 2 atom stereocenters. The zero-order valence-electron chi connectivity index (χ0n) is 17.0. The number of hydrogen-bond acceptors (Lipinski definition) is 7. The molecule has 2 bridgehead atoms. The van der Waals surface area contributed by atoms with Crippen LogP contribution in [0.15, 0.2) is 0 Å². The fraction of sp³-hybridized carbons (Fsp3) is 0.789. The van der Waals surface area contributed by atoms with E-state index in [-0.39, 0.29) is 5.92 Å². The van der Waals surface area contributed by atoms with Gasteiger partial charge in [-0.1, -0.05) is 0 Å². The minimum absolute atomic E-state index is 0.226. The van der Waals surface area contributed by atoms with Crippen molar-refractivity contribution in [3.8, 4) is 0 Å². The van der Waals surface area contributed by atoms with Crippen molar-refractivity contribution in [2.45, 2.75) is 44.2 Å². The zero-order valence-corrected chi connectivity index (χ0v) is 17.0. The average molecular weight is 429 g/mol. The van der Waals surface area contributed by atoms with E-state index in [0.29, 0.717) is 58.5 Å². The second-order valence-electron chi connectivity index (χ2n) is 8.01. The van der Waals surface area contributed by atoms with Crippen molar-refractivity contribution in [1.82, 2.24) is 14.7 Å². The SMILES string of the molecule is O=C(O)C(C(=O)O)N1CCCN2CCC(CCCN(C(C(=O)O)C(=O)O)CC2)CC1. The van der Waals surface area contributed by atoms with Crippen molar-refractivity contribution in [1.29, 1.82) is 0 Å². The number of rotatable bonds is 6. The molecule has 2 aliphatic rings. The fourth-order valence-corrected chi connectivity index (χ4v) is 4.41. The molecule has 0 aromatic rings. The summed E-state index contributed by atoms with van der Waals surface area (Å²) in [5.74, 6) is -5.23. The van der Waals surface area contributed by atoms with E-state index in [0.717, 1.165) is 19.4 Å². The fourth-order valence-electron chi connectivity index (χ4n) is 4.41. The van der Waals surface area contributed by atoms with E-state index >= 15 is 0 Å². The monoisotopic (exact) mass is 429 g/mol. The quantitative estimate of drug-likeness (QED) is 0.405. The number of carboxylic acid groups (broad SMARTS) is 4.